The highest BCUT2D eigenvalue weighted by Gasteiger charge is 2.28. The molecule has 1 heteroatoms. The molecule has 0 saturated heterocycles. The Hall–Kier alpha value is 0.480. The normalized spacial score (nSPS) is 39.5. The van der Waals surface area contributed by atoms with Gasteiger partial charge in [0, 0.05) is 4.83 Å². The van der Waals surface area contributed by atoms with E-state index < -0.39 is 0 Å². The summed E-state index contributed by atoms with van der Waals surface area (Å²) in [5.74, 6) is 2.72. The fourth-order valence-corrected chi connectivity index (χ4v) is 3.60. The van der Waals surface area contributed by atoms with Crippen LogP contribution in [-0.4, -0.2) is 4.83 Å². The van der Waals surface area contributed by atoms with Gasteiger partial charge < -0.3 is 0 Å². The van der Waals surface area contributed by atoms with Crippen LogP contribution in [0.5, 0.6) is 0 Å². The van der Waals surface area contributed by atoms with Crippen LogP contribution in [0.2, 0.25) is 0 Å². The lowest BCUT2D eigenvalue weighted by Gasteiger charge is -2.33. The van der Waals surface area contributed by atoms with Gasteiger partial charge >= 0.3 is 0 Å². The molecular formula is C10H19Br. The van der Waals surface area contributed by atoms with E-state index in [0.717, 1.165) is 22.6 Å². The maximum Gasteiger partial charge on any atom is 0.0179 e. The minimum Gasteiger partial charge on any atom is -0.0887 e. The molecule has 1 rings (SSSR count). The lowest BCUT2D eigenvalue weighted by Crippen LogP contribution is -2.27. The minimum absolute atomic E-state index is 0.784. The van der Waals surface area contributed by atoms with Gasteiger partial charge in [0.25, 0.3) is 0 Å². The molecular weight excluding hydrogens is 200 g/mol. The summed E-state index contributed by atoms with van der Waals surface area (Å²) in [5.41, 5.74) is 0. The van der Waals surface area contributed by atoms with E-state index in [1.54, 1.807) is 0 Å². The maximum absolute atomic E-state index is 3.80. The summed E-state index contributed by atoms with van der Waals surface area (Å²) in [6, 6.07) is 0. The second kappa shape index (κ2) is 3.93. The van der Waals surface area contributed by atoms with Crippen LogP contribution in [-0.2, 0) is 0 Å². The van der Waals surface area contributed by atoms with Gasteiger partial charge in [-0.3, -0.25) is 0 Å². The molecule has 0 unspecified atom stereocenters. The molecule has 1 fully saturated rings. The molecule has 0 nitrogen and oxygen atoms in total. The number of halogens is 1. The van der Waals surface area contributed by atoms with Crippen molar-refractivity contribution in [1.82, 2.24) is 0 Å². The molecule has 0 amide bonds. The molecule has 0 N–H and O–H groups in total. The molecule has 0 aromatic heterocycles. The predicted octanol–water partition coefficient (Wildman–Crippen LogP) is 3.84. The zero-order valence-electron chi connectivity index (χ0n) is 7.81. The molecule has 0 aliphatic heterocycles. The smallest absolute Gasteiger partial charge is 0.0179 e. The van der Waals surface area contributed by atoms with Crippen LogP contribution in [0.3, 0.4) is 0 Å². The molecule has 0 spiro atoms. The number of hydrogen-bond acceptors (Lipinski definition) is 0. The molecule has 1 aliphatic rings. The highest BCUT2D eigenvalue weighted by molar-refractivity contribution is 9.09. The number of hydrogen-bond donors (Lipinski definition) is 0. The van der Waals surface area contributed by atoms with Gasteiger partial charge in [-0.05, 0) is 30.6 Å². The molecule has 0 bridgehead atoms. The summed E-state index contributed by atoms with van der Waals surface area (Å²) >= 11 is 3.80. The highest BCUT2D eigenvalue weighted by atomic mass is 79.9. The van der Waals surface area contributed by atoms with Crippen molar-refractivity contribution in [2.75, 3.05) is 0 Å². The maximum atomic E-state index is 3.80. The Kier molecular flexibility index (Phi) is 3.42. The Morgan fingerprint density at radius 1 is 1.27 bits per heavy atom. The molecule has 0 aromatic carbocycles. The average Bonchev–Trinajstić information content (AvgIpc) is 1.85. The third-order valence-corrected chi connectivity index (χ3v) is 3.99. The summed E-state index contributed by atoms with van der Waals surface area (Å²) in [6.07, 6.45) is 4.24. The van der Waals surface area contributed by atoms with Crippen molar-refractivity contribution < 1.29 is 0 Å². The first-order chi connectivity index (χ1) is 5.11. The van der Waals surface area contributed by atoms with E-state index in [1.807, 2.05) is 0 Å². The van der Waals surface area contributed by atoms with E-state index in [-0.39, 0.29) is 0 Å². The lowest BCUT2D eigenvalue weighted by molar-refractivity contribution is 0.247. The van der Waals surface area contributed by atoms with Gasteiger partial charge in [0.1, 0.15) is 0 Å². The Morgan fingerprint density at radius 3 is 2.36 bits per heavy atom. The van der Waals surface area contributed by atoms with Crippen LogP contribution < -0.4 is 0 Å². The van der Waals surface area contributed by atoms with Crippen molar-refractivity contribution in [2.45, 2.75) is 44.9 Å². The van der Waals surface area contributed by atoms with Crippen molar-refractivity contribution in [3.8, 4) is 0 Å². The van der Waals surface area contributed by atoms with Crippen LogP contribution in [0, 0.1) is 17.8 Å². The summed E-state index contributed by atoms with van der Waals surface area (Å²) < 4.78 is 0. The molecule has 3 atom stereocenters. The van der Waals surface area contributed by atoms with Gasteiger partial charge in [0.2, 0.25) is 0 Å². The van der Waals surface area contributed by atoms with Gasteiger partial charge in [-0.1, -0.05) is 43.1 Å². The summed E-state index contributed by atoms with van der Waals surface area (Å²) in [5, 5.41) is 0. The third-order valence-electron chi connectivity index (χ3n) is 2.94. The monoisotopic (exact) mass is 218 g/mol. The highest BCUT2D eigenvalue weighted by Crippen LogP contribution is 2.37. The summed E-state index contributed by atoms with van der Waals surface area (Å²) in [4.78, 5) is 0.784. The molecule has 1 aliphatic carbocycles. The standard InChI is InChI=1S/C10H19Br/c1-7(2)9-5-4-8(3)6-10(9)11/h7-10H,4-6H2,1-3H3/t8-,9-,10+/m1/s1. The quantitative estimate of drug-likeness (QED) is 0.588. The molecule has 0 radical (unpaired) electrons. The average molecular weight is 219 g/mol. The third kappa shape index (κ3) is 2.47. The van der Waals surface area contributed by atoms with E-state index >= 15 is 0 Å². The van der Waals surface area contributed by atoms with E-state index in [0.29, 0.717) is 0 Å². The van der Waals surface area contributed by atoms with Crippen LogP contribution in [0.25, 0.3) is 0 Å². The van der Waals surface area contributed by atoms with Crippen LogP contribution in [0.1, 0.15) is 40.0 Å². The topological polar surface area (TPSA) is 0 Å². The first-order valence-corrected chi connectivity index (χ1v) is 5.67. The van der Waals surface area contributed by atoms with Crippen molar-refractivity contribution in [2.24, 2.45) is 17.8 Å². The van der Waals surface area contributed by atoms with Crippen LogP contribution >= 0.6 is 15.9 Å². The van der Waals surface area contributed by atoms with Crippen molar-refractivity contribution in [3.63, 3.8) is 0 Å². The Labute approximate surface area is 78.9 Å². The van der Waals surface area contributed by atoms with Crippen molar-refractivity contribution in [3.05, 3.63) is 0 Å². The van der Waals surface area contributed by atoms with Gasteiger partial charge in [-0.15, -0.1) is 0 Å². The predicted molar refractivity (Wildman–Crippen MR) is 54.1 cm³/mol. The van der Waals surface area contributed by atoms with Crippen LogP contribution in [0.4, 0.5) is 0 Å². The van der Waals surface area contributed by atoms with Crippen molar-refractivity contribution in [1.29, 1.82) is 0 Å². The van der Waals surface area contributed by atoms with Crippen molar-refractivity contribution >= 4 is 15.9 Å². The molecule has 66 valence electrons. The summed E-state index contributed by atoms with van der Waals surface area (Å²) in [7, 11) is 0. The number of alkyl halides is 1. The molecule has 1 saturated carbocycles. The zero-order valence-corrected chi connectivity index (χ0v) is 9.39. The van der Waals surface area contributed by atoms with Gasteiger partial charge in [0.15, 0.2) is 0 Å². The van der Waals surface area contributed by atoms with E-state index in [2.05, 4.69) is 36.7 Å². The molecule has 11 heavy (non-hydrogen) atoms. The second-order valence-corrected chi connectivity index (χ2v) is 5.52. The van der Waals surface area contributed by atoms with Crippen LogP contribution in [0.15, 0.2) is 0 Å². The number of rotatable bonds is 1. The lowest BCUT2D eigenvalue weighted by atomic mass is 9.77. The fourth-order valence-electron chi connectivity index (χ4n) is 2.09. The van der Waals surface area contributed by atoms with Gasteiger partial charge in [-0.2, -0.15) is 0 Å². The minimum atomic E-state index is 0.784. The fraction of sp³-hybridized carbons (Fsp3) is 1.00. The van der Waals surface area contributed by atoms with Gasteiger partial charge in [-0.25, -0.2) is 0 Å². The first kappa shape index (κ1) is 9.57. The SMILES string of the molecule is CC(C)[C@H]1CC[C@@H](C)C[C@@H]1Br. The Balaban J connectivity index is 2.44. The van der Waals surface area contributed by atoms with E-state index in [4.69, 9.17) is 0 Å². The largest absolute Gasteiger partial charge is 0.0887 e. The Bertz CT molecular complexity index is 120. The molecule has 0 heterocycles. The van der Waals surface area contributed by atoms with E-state index in [9.17, 15) is 0 Å². The van der Waals surface area contributed by atoms with E-state index in [1.165, 1.54) is 19.3 Å². The molecule has 0 aromatic rings. The van der Waals surface area contributed by atoms with Gasteiger partial charge in [0.05, 0.1) is 0 Å². The second-order valence-electron chi connectivity index (χ2n) is 4.34. The first-order valence-electron chi connectivity index (χ1n) is 4.75. The Morgan fingerprint density at radius 2 is 1.91 bits per heavy atom. The summed E-state index contributed by atoms with van der Waals surface area (Å²) in [6.45, 7) is 7.05. The zero-order chi connectivity index (χ0) is 8.43.